The zero-order chi connectivity index (χ0) is 22.5. The van der Waals surface area contributed by atoms with Crippen molar-refractivity contribution in [2.45, 2.75) is 13.0 Å². The van der Waals surface area contributed by atoms with Crippen LogP contribution >= 0.6 is 27.5 Å². The summed E-state index contributed by atoms with van der Waals surface area (Å²) in [5.74, 6) is -0.160. The molecule has 1 saturated heterocycles. The molecule has 0 spiro atoms. The van der Waals surface area contributed by atoms with Gasteiger partial charge in [0.1, 0.15) is 12.4 Å². The molecular weight excluding hydrogens is 494 g/mol. The van der Waals surface area contributed by atoms with E-state index in [1.807, 2.05) is 72.8 Å². The molecule has 1 heterocycles. The lowest BCUT2D eigenvalue weighted by Gasteiger charge is -2.18. The van der Waals surface area contributed by atoms with Gasteiger partial charge >= 0.3 is 0 Å². The number of amides is 2. The van der Waals surface area contributed by atoms with Gasteiger partial charge in [-0.2, -0.15) is 0 Å². The first-order chi connectivity index (χ1) is 15.5. The van der Waals surface area contributed by atoms with E-state index in [-0.39, 0.29) is 18.2 Å². The molecule has 1 atom stereocenters. The molecule has 3 aromatic rings. The highest BCUT2D eigenvalue weighted by atomic mass is 79.9. The minimum absolute atomic E-state index is 0.0702. The Bertz CT molecular complexity index is 1110. The second-order valence-electron chi connectivity index (χ2n) is 7.41. The van der Waals surface area contributed by atoms with Gasteiger partial charge in [-0.15, -0.1) is 0 Å². The van der Waals surface area contributed by atoms with Crippen LogP contribution in [0.3, 0.4) is 0 Å². The third-order valence-corrected chi connectivity index (χ3v) is 5.93. The van der Waals surface area contributed by atoms with Gasteiger partial charge in [0.15, 0.2) is 0 Å². The van der Waals surface area contributed by atoms with Crippen molar-refractivity contribution < 1.29 is 14.3 Å². The van der Waals surface area contributed by atoms with Gasteiger partial charge in [-0.25, -0.2) is 0 Å². The molecule has 0 unspecified atom stereocenters. The van der Waals surface area contributed by atoms with Crippen molar-refractivity contribution in [3.05, 3.63) is 87.9 Å². The highest BCUT2D eigenvalue weighted by molar-refractivity contribution is 9.10. The molecule has 0 aromatic heterocycles. The molecular formula is C24H21BrClN3O3. The van der Waals surface area contributed by atoms with Crippen molar-refractivity contribution in [2.24, 2.45) is 5.92 Å². The van der Waals surface area contributed by atoms with E-state index in [0.29, 0.717) is 29.6 Å². The van der Waals surface area contributed by atoms with Crippen LogP contribution in [0.4, 0.5) is 11.4 Å². The third-order valence-electron chi connectivity index (χ3n) is 5.15. The van der Waals surface area contributed by atoms with Crippen LogP contribution in [0.5, 0.6) is 5.75 Å². The summed E-state index contributed by atoms with van der Waals surface area (Å²) in [6.07, 6.45) is 0.165. The minimum atomic E-state index is -0.444. The standard InChI is InChI=1S/C24H21BrClN3O3/c25-18-7-11-20(12-8-18)29-14-17(13-23(29)30)24(31)28-27-21-3-1-2-4-22(21)32-15-16-5-9-19(26)10-6-16/h1-12,17,27H,13-15H2,(H,28,31)/t17-/m0/s1. The van der Waals surface area contributed by atoms with E-state index in [9.17, 15) is 9.59 Å². The maximum atomic E-state index is 12.7. The van der Waals surface area contributed by atoms with Crippen LogP contribution in [0, 0.1) is 5.92 Å². The van der Waals surface area contributed by atoms with Crippen molar-refractivity contribution in [1.29, 1.82) is 0 Å². The van der Waals surface area contributed by atoms with Gasteiger partial charge < -0.3 is 9.64 Å². The van der Waals surface area contributed by atoms with Gasteiger partial charge in [0.25, 0.3) is 0 Å². The normalized spacial score (nSPS) is 15.5. The summed E-state index contributed by atoms with van der Waals surface area (Å²) in [6, 6.07) is 22.2. The summed E-state index contributed by atoms with van der Waals surface area (Å²) in [7, 11) is 0. The number of nitrogens with one attached hydrogen (secondary N) is 2. The first kappa shape index (κ1) is 22.2. The fraction of sp³-hybridized carbons (Fsp3) is 0.167. The Kier molecular flexibility index (Phi) is 6.97. The van der Waals surface area contributed by atoms with Crippen LogP contribution in [-0.4, -0.2) is 18.4 Å². The number of ether oxygens (including phenoxy) is 1. The summed E-state index contributed by atoms with van der Waals surface area (Å²) in [4.78, 5) is 26.8. The second-order valence-corrected chi connectivity index (χ2v) is 8.76. The molecule has 0 bridgehead atoms. The minimum Gasteiger partial charge on any atom is -0.487 e. The lowest BCUT2D eigenvalue weighted by atomic mass is 10.1. The van der Waals surface area contributed by atoms with Crippen molar-refractivity contribution >= 4 is 50.7 Å². The second kappa shape index (κ2) is 10.1. The summed E-state index contributed by atoms with van der Waals surface area (Å²) in [5, 5.41) is 0.669. The van der Waals surface area contributed by atoms with E-state index in [0.717, 1.165) is 15.7 Å². The number of rotatable bonds is 7. The van der Waals surface area contributed by atoms with Crippen molar-refractivity contribution in [2.75, 3.05) is 16.9 Å². The van der Waals surface area contributed by atoms with Gasteiger partial charge in [0.2, 0.25) is 11.8 Å². The Morgan fingerprint density at radius 2 is 1.78 bits per heavy atom. The van der Waals surface area contributed by atoms with Gasteiger partial charge in [-0.1, -0.05) is 51.8 Å². The summed E-state index contributed by atoms with van der Waals surface area (Å²) in [6.45, 7) is 0.700. The molecule has 1 aliphatic rings. The Morgan fingerprint density at radius 3 is 2.53 bits per heavy atom. The highest BCUT2D eigenvalue weighted by Crippen LogP contribution is 2.27. The molecule has 3 aromatic carbocycles. The number of hydrazine groups is 1. The molecule has 2 N–H and O–H groups in total. The lowest BCUT2D eigenvalue weighted by molar-refractivity contribution is -0.125. The number of nitrogens with zero attached hydrogens (tertiary/aromatic N) is 1. The fourth-order valence-corrected chi connectivity index (χ4v) is 3.81. The lowest BCUT2D eigenvalue weighted by Crippen LogP contribution is -2.36. The maximum absolute atomic E-state index is 12.7. The summed E-state index contributed by atoms with van der Waals surface area (Å²) in [5.41, 5.74) is 8.03. The molecule has 4 rings (SSSR count). The van der Waals surface area contributed by atoms with E-state index in [1.165, 1.54) is 0 Å². The van der Waals surface area contributed by atoms with E-state index < -0.39 is 5.92 Å². The van der Waals surface area contributed by atoms with Crippen LogP contribution in [-0.2, 0) is 16.2 Å². The molecule has 1 fully saturated rings. The van der Waals surface area contributed by atoms with Crippen LogP contribution in [0.15, 0.2) is 77.3 Å². The molecule has 0 radical (unpaired) electrons. The SMILES string of the molecule is O=C(NNc1ccccc1OCc1ccc(Cl)cc1)[C@H]1CC(=O)N(c2ccc(Br)cc2)C1. The zero-order valence-corrected chi connectivity index (χ0v) is 19.4. The van der Waals surface area contributed by atoms with E-state index in [2.05, 4.69) is 26.8 Å². The van der Waals surface area contributed by atoms with E-state index >= 15 is 0 Å². The van der Waals surface area contributed by atoms with Crippen molar-refractivity contribution in [3.8, 4) is 5.75 Å². The number of hydrogen-bond donors (Lipinski definition) is 2. The molecule has 8 heteroatoms. The largest absolute Gasteiger partial charge is 0.487 e. The maximum Gasteiger partial charge on any atom is 0.243 e. The average Bonchev–Trinajstić information content (AvgIpc) is 3.20. The molecule has 0 saturated carbocycles. The van der Waals surface area contributed by atoms with Crippen molar-refractivity contribution in [1.82, 2.24) is 5.43 Å². The number of para-hydroxylation sites is 2. The monoisotopic (exact) mass is 513 g/mol. The molecule has 32 heavy (non-hydrogen) atoms. The molecule has 164 valence electrons. The average molecular weight is 515 g/mol. The number of halogens is 2. The van der Waals surface area contributed by atoms with Crippen molar-refractivity contribution in [3.63, 3.8) is 0 Å². The summed E-state index contributed by atoms with van der Waals surface area (Å²) < 4.78 is 6.83. The van der Waals surface area contributed by atoms with Gasteiger partial charge in [-0.3, -0.25) is 20.4 Å². The Hall–Kier alpha value is -3.03. The van der Waals surface area contributed by atoms with E-state index in [1.54, 1.807) is 4.90 Å². The predicted octanol–water partition coefficient (Wildman–Crippen LogP) is 5.18. The van der Waals surface area contributed by atoms with Crippen LogP contribution < -0.4 is 20.5 Å². The number of benzene rings is 3. The Balaban J connectivity index is 1.34. The smallest absolute Gasteiger partial charge is 0.243 e. The number of carbonyl (C=O) groups is 2. The highest BCUT2D eigenvalue weighted by Gasteiger charge is 2.35. The van der Waals surface area contributed by atoms with Gasteiger partial charge in [0.05, 0.1) is 11.6 Å². The Morgan fingerprint density at radius 1 is 1.06 bits per heavy atom. The Labute approximate surface area is 199 Å². The van der Waals surface area contributed by atoms with Crippen LogP contribution in [0.25, 0.3) is 0 Å². The topological polar surface area (TPSA) is 70.7 Å². The number of carbonyl (C=O) groups excluding carboxylic acids is 2. The number of anilines is 2. The van der Waals surface area contributed by atoms with Crippen LogP contribution in [0.2, 0.25) is 5.02 Å². The third kappa shape index (κ3) is 5.41. The fourth-order valence-electron chi connectivity index (χ4n) is 3.42. The molecule has 6 nitrogen and oxygen atoms in total. The molecule has 1 aliphatic heterocycles. The molecule has 2 amide bonds. The summed E-state index contributed by atoms with van der Waals surface area (Å²) >= 11 is 9.31. The first-order valence-corrected chi connectivity index (χ1v) is 11.2. The molecule has 0 aliphatic carbocycles. The zero-order valence-electron chi connectivity index (χ0n) is 17.1. The van der Waals surface area contributed by atoms with Crippen LogP contribution in [0.1, 0.15) is 12.0 Å². The number of hydrogen-bond acceptors (Lipinski definition) is 4. The van der Waals surface area contributed by atoms with Gasteiger partial charge in [0, 0.05) is 28.1 Å². The van der Waals surface area contributed by atoms with Gasteiger partial charge in [-0.05, 0) is 54.1 Å². The predicted molar refractivity (Wildman–Crippen MR) is 129 cm³/mol. The quantitative estimate of drug-likeness (QED) is 0.426. The van der Waals surface area contributed by atoms with E-state index in [4.69, 9.17) is 16.3 Å². The first-order valence-electron chi connectivity index (χ1n) is 10.1.